The van der Waals surface area contributed by atoms with E-state index in [1.807, 2.05) is 18.2 Å². The molecule has 0 bridgehead atoms. The normalized spacial score (nSPS) is 12.8. The largest absolute Gasteiger partial charge is 0.231 e. The first-order chi connectivity index (χ1) is 33.7. The van der Waals surface area contributed by atoms with Crippen LogP contribution in [0.15, 0.2) is 237 Å². The molecule has 3 heterocycles. The molecule has 0 atom stereocenters. The Kier molecular flexibility index (Phi) is 8.43. The van der Waals surface area contributed by atoms with Crippen molar-refractivity contribution in [3.63, 3.8) is 0 Å². The van der Waals surface area contributed by atoms with Crippen LogP contribution >= 0.6 is 0 Å². The second kappa shape index (κ2) is 15.0. The summed E-state index contributed by atoms with van der Waals surface area (Å²) in [6.07, 6.45) is 0. The van der Waals surface area contributed by atoms with Gasteiger partial charge in [0, 0.05) is 38.8 Å². The first-order valence-corrected chi connectivity index (χ1v) is 23.1. The minimum absolute atomic E-state index is 0.489. The molecule has 5 nitrogen and oxygen atoms in total. The molecule has 316 valence electrons. The summed E-state index contributed by atoms with van der Waals surface area (Å²) in [6.45, 7) is 0. The van der Waals surface area contributed by atoms with E-state index in [0.717, 1.165) is 66.6 Å². The van der Waals surface area contributed by atoms with Gasteiger partial charge in [-0.05, 0) is 73.7 Å². The lowest BCUT2D eigenvalue weighted by Crippen LogP contribution is -2.25. The van der Waals surface area contributed by atoms with Crippen LogP contribution in [0.1, 0.15) is 22.3 Å². The molecule has 5 heteroatoms. The molecule has 0 amide bonds. The van der Waals surface area contributed by atoms with Crippen molar-refractivity contribution in [3.05, 3.63) is 259 Å². The molecule has 0 radical (unpaired) electrons. The maximum absolute atomic E-state index is 5.47. The third-order valence-electron chi connectivity index (χ3n) is 14.1. The van der Waals surface area contributed by atoms with Crippen LogP contribution in [-0.2, 0) is 5.41 Å². The fourth-order valence-electron chi connectivity index (χ4n) is 11.2. The summed E-state index contributed by atoms with van der Waals surface area (Å²) in [6, 6.07) is 84.3. The van der Waals surface area contributed by atoms with E-state index in [1.165, 1.54) is 44.5 Å². The summed E-state index contributed by atoms with van der Waals surface area (Å²) in [4.78, 5) is 15.9. The molecular weight excluding hydrogens is 827 g/mol. The Labute approximate surface area is 393 Å². The molecule has 0 saturated heterocycles. The average molecular weight is 866 g/mol. The Morgan fingerprint density at radius 1 is 0.324 bits per heavy atom. The van der Waals surface area contributed by atoms with Crippen molar-refractivity contribution < 1.29 is 0 Å². The summed E-state index contributed by atoms with van der Waals surface area (Å²) in [5.41, 5.74) is 19.6. The van der Waals surface area contributed by atoms with Crippen LogP contribution in [0.2, 0.25) is 0 Å². The molecule has 68 heavy (non-hydrogen) atoms. The van der Waals surface area contributed by atoms with Gasteiger partial charge in [0.05, 0.1) is 16.6 Å². The van der Waals surface area contributed by atoms with E-state index in [9.17, 15) is 0 Å². The lowest BCUT2D eigenvalue weighted by molar-refractivity contribution is 0.794. The van der Waals surface area contributed by atoms with Gasteiger partial charge in [-0.2, -0.15) is 5.10 Å². The van der Waals surface area contributed by atoms with Gasteiger partial charge < -0.3 is 0 Å². The van der Waals surface area contributed by atoms with Gasteiger partial charge in [0.15, 0.2) is 17.5 Å². The van der Waals surface area contributed by atoms with E-state index in [-0.39, 0.29) is 0 Å². The van der Waals surface area contributed by atoms with Crippen LogP contribution in [0.25, 0.3) is 106 Å². The first kappa shape index (κ1) is 38.2. The first-order valence-electron chi connectivity index (χ1n) is 23.1. The van der Waals surface area contributed by atoms with Crippen LogP contribution in [-0.4, -0.2) is 24.6 Å². The van der Waals surface area contributed by atoms with Gasteiger partial charge in [-0.25, -0.2) is 19.5 Å². The molecule has 2 aliphatic rings. The molecule has 9 aromatic carbocycles. The Bertz CT molecular complexity index is 3910. The van der Waals surface area contributed by atoms with Crippen LogP contribution in [0.3, 0.4) is 0 Å². The molecule has 0 aliphatic heterocycles. The second-order valence-electron chi connectivity index (χ2n) is 17.7. The molecule has 0 saturated carbocycles. The number of hydrogen-bond acceptors (Lipinski definition) is 4. The van der Waals surface area contributed by atoms with E-state index >= 15 is 0 Å². The predicted molar refractivity (Wildman–Crippen MR) is 275 cm³/mol. The van der Waals surface area contributed by atoms with Gasteiger partial charge in [-0.1, -0.05) is 218 Å². The Morgan fingerprint density at radius 3 is 1.43 bits per heavy atom. The SMILES string of the molecule is c1ccc(-c2nc(-c3cccc(-c4c(-c5ccccc5)nn5c(-c6ccccc6)cc6ccccc6c45)c3)nc(-c3ccc4c(c3)C3(c5ccccc5-c5ccccc53)c3ccccc3-4)n2)cc1. The van der Waals surface area contributed by atoms with Gasteiger partial charge >= 0.3 is 0 Å². The van der Waals surface area contributed by atoms with Gasteiger partial charge in [0.1, 0.15) is 5.69 Å². The molecule has 2 aliphatic carbocycles. The van der Waals surface area contributed by atoms with Gasteiger partial charge in [-0.15, -0.1) is 0 Å². The molecule has 14 rings (SSSR count). The lowest BCUT2D eigenvalue weighted by atomic mass is 9.70. The summed E-state index contributed by atoms with van der Waals surface area (Å²) in [5.74, 6) is 1.83. The summed E-state index contributed by atoms with van der Waals surface area (Å²) < 4.78 is 2.14. The van der Waals surface area contributed by atoms with E-state index < -0.39 is 5.41 Å². The summed E-state index contributed by atoms with van der Waals surface area (Å²) >= 11 is 0. The molecule has 0 unspecified atom stereocenters. The maximum Gasteiger partial charge on any atom is 0.164 e. The van der Waals surface area contributed by atoms with Crippen molar-refractivity contribution in [3.8, 4) is 90.1 Å². The van der Waals surface area contributed by atoms with Crippen molar-refractivity contribution in [1.29, 1.82) is 0 Å². The third kappa shape index (κ3) is 5.63. The van der Waals surface area contributed by atoms with Crippen LogP contribution < -0.4 is 0 Å². The fraction of sp³-hybridized carbons (Fsp3) is 0.0159. The zero-order chi connectivity index (χ0) is 44.8. The van der Waals surface area contributed by atoms with Crippen molar-refractivity contribution in [2.75, 3.05) is 0 Å². The molecule has 12 aromatic rings. The van der Waals surface area contributed by atoms with Crippen molar-refractivity contribution in [1.82, 2.24) is 24.6 Å². The van der Waals surface area contributed by atoms with E-state index in [4.69, 9.17) is 20.1 Å². The summed E-state index contributed by atoms with van der Waals surface area (Å²) in [5, 5.41) is 7.75. The highest BCUT2D eigenvalue weighted by Gasteiger charge is 2.51. The molecule has 0 fully saturated rings. The zero-order valence-corrected chi connectivity index (χ0v) is 36.8. The van der Waals surface area contributed by atoms with Crippen LogP contribution in [0.4, 0.5) is 0 Å². The van der Waals surface area contributed by atoms with E-state index in [1.54, 1.807) is 0 Å². The Balaban J connectivity index is 0.989. The molecule has 3 aromatic heterocycles. The number of nitrogens with zero attached hydrogens (tertiary/aromatic N) is 5. The Morgan fingerprint density at radius 2 is 0.794 bits per heavy atom. The third-order valence-corrected chi connectivity index (χ3v) is 14.1. The number of hydrogen-bond donors (Lipinski definition) is 0. The maximum atomic E-state index is 5.47. The lowest BCUT2D eigenvalue weighted by Gasteiger charge is -2.30. The quantitative estimate of drug-likeness (QED) is 0.167. The topological polar surface area (TPSA) is 56.0 Å². The van der Waals surface area contributed by atoms with Crippen molar-refractivity contribution in [2.24, 2.45) is 0 Å². The van der Waals surface area contributed by atoms with Crippen LogP contribution in [0.5, 0.6) is 0 Å². The molecule has 1 spiro atoms. The number of rotatable bonds is 6. The number of aromatic nitrogens is 5. The Hall–Kier alpha value is -9.06. The highest BCUT2D eigenvalue weighted by molar-refractivity contribution is 6.09. The minimum Gasteiger partial charge on any atom is -0.231 e. The van der Waals surface area contributed by atoms with Crippen molar-refractivity contribution in [2.45, 2.75) is 5.41 Å². The standard InChI is InChI=1S/C63H39N5/c1-4-19-40(20-5-1)56-39-43-25-10-11-28-47(43)59-57(58(67-68(56)59)41-21-6-2-7-22-41)44-26-18-27-45(37-44)61-64-60(42-23-8-3-9-24-42)65-62(66-61)46-35-36-51-50-31-14-17-34-54(50)63(55(51)38-46)52-32-15-12-29-48(52)49-30-13-16-33-53(49)63/h1-39H. The van der Waals surface area contributed by atoms with Gasteiger partial charge in [0.2, 0.25) is 0 Å². The van der Waals surface area contributed by atoms with E-state index in [0.29, 0.717) is 17.5 Å². The van der Waals surface area contributed by atoms with Crippen molar-refractivity contribution >= 4 is 16.3 Å². The number of benzene rings is 9. The minimum atomic E-state index is -0.489. The average Bonchev–Trinajstić information content (AvgIpc) is 4.07. The smallest absolute Gasteiger partial charge is 0.164 e. The van der Waals surface area contributed by atoms with Crippen LogP contribution in [0, 0.1) is 0 Å². The number of fused-ring (bicyclic) bond motifs is 13. The fourth-order valence-corrected chi connectivity index (χ4v) is 11.2. The monoisotopic (exact) mass is 865 g/mol. The van der Waals surface area contributed by atoms with E-state index in [2.05, 4.69) is 223 Å². The number of pyridine rings is 1. The predicted octanol–water partition coefficient (Wildman–Crippen LogP) is 15.0. The second-order valence-corrected chi connectivity index (χ2v) is 17.7. The highest BCUT2D eigenvalue weighted by atomic mass is 15.2. The highest BCUT2D eigenvalue weighted by Crippen LogP contribution is 2.63. The van der Waals surface area contributed by atoms with Gasteiger partial charge in [0.25, 0.3) is 0 Å². The summed E-state index contributed by atoms with van der Waals surface area (Å²) in [7, 11) is 0. The van der Waals surface area contributed by atoms with Gasteiger partial charge in [-0.3, -0.25) is 0 Å². The molecular formula is C63H39N5. The zero-order valence-electron chi connectivity index (χ0n) is 36.8. The molecule has 0 N–H and O–H groups in total.